The fourth-order valence-electron chi connectivity index (χ4n) is 2.29. The molecule has 0 aliphatic carbocycles. The lowest BCUT2D eigenvalue weighted by atomic mass is 10.2. The van der Waals surface area contributed by atoms with E-state index in [0.717, 1.165) is 4.47 Å². The summed E-state index contributed by atoms with van der Waals surface area (Å²) in [6, 6.07) is 11.8. The molecule has 1 aliphatic heterocycles. The number of carbonyl (C=O) groups is 1. The molecule has 0 saturated carbocycles. The number of hydrogen-bond acceptors (Lipinski definition) is 3. The number of thioether (sulfide) groups is 1. The van der Waals surface area contributed by atoms with Gasteiger partial charge in [0.1, 0.15) is 5.82 Å². The molecule has 1 amide bonds. The lowest BCUT2D eigenvalue weighted by molar-refractivity contribution is 0.0860. The molecule has 0 spiro atoms. The molecule has 0 radical (unpaired) electrons. The molecule has 1 heterocycles. The van der Waals surface area contributed by atoms with E-state index in [2.05, 4.69) is 20.9 Å². The van der Waals surface area contributed by atoms with Crippen molar-refractivity contribution in [1.82, 2.24) is 4.90 Å². The van der Waals surface area contributed by atoms with Crippen LogP contribution in [-0.2, 0) is 5.75 Å². The highest BCUT2D eigenvalue weighted by atomic mass is 79.9. The lowest BCUT2D eigenvalue weighted by Gasteiger charge is -2.18. The van der Waals surface area contributed by atoms with Crippen molar-refractivity contribution in [3.05, 3.63) is 68.9 Å². The fraction of sp³-hybridized carbons (Fsp3) is 0.176. The summed E-state index contributed by atoms with van der Waals surface area (Å²) < 4.78 is 14.8. The van der Waals surface area contributed by atoms with Gasteiger partial charge < -0.3 is 0 Å². The van der Waals surface area contributed by atoms with Crippen LogP contribution in [0.1, 0.15) is 15.9 Å². The summed E-state index contributed by atoms with van der Waals surface area (Å²) in [5, 5.41) is 0.981. The average Bonchev–Trinajstić information content (AvgIpc) is 3.03. The molecule has 124 valence electrons. The van der Waals surface area contributed by atoms with Gasteiger partial charge in [-0.1, -0.05) is 45.4 Å². The molecule has 2 aromatic carbocycles. The van der Waals surface area contributed by atoms with E-state index in [1.165, 1.54) is 17.8 Å². The van der Waals surface area contributed by atoms with Crippen molar-refractivity contribution >= 4 is 50.4 Å². The summed E-state index contributed by atoms with van der Waals surface area (Å²) in [7, 11) is 0. The maximum Gasteiger partial charge on any atom is 0.259 e. The number of amides is 1. The third kappa shape index (κ3) is 3.82. The molecule has 24 heavy (non-hydrogen) atoms. The average molecular weight is 428 g/mol. The topological polar surface area (TPSA) is 32.7 Å². The first kappa shape index (κ1) is 17.5. The maximum absolute atomic E-state index is 13.9. The van der Waals surface area contributed by atoms with Gasteiger partial charge in [-0.15, -0.1) is 0 Å². The Labute approximate surface area is 157 Å². The highest BCUT2D eigenvalue weighted by Crippen LogP contribution is 2.27. The number of carbonyl (C=O) groups excluding carboxylic acids is 1. The predicted octanol–water partition coefficient (Wildman–Crippen LogP) is 4.99. The van der Waals surface area contributed by atoms with Crippen molar-refractivity contribution in [2.45, 2.75) is 5.75 Å². The van der Waals surface area contributed by atoms with Crippen molar-refractivity contribution < 1.29 is 9.18 Å². The van der Waals surface area contributed by atoms with Crippen LogP contribution in [0.3, 0.4) is 0 Å². The summed E-state index contributed by atoms with van der Waals surface area (Å²) in [5.74, 6) is -0.126. The molecule has 0 fully saturated rings. The quantitative estimate of drug-likeness (QED) is 0.691. The van der Waals surface area contributed by atoms with E-state index in [0.29, 0.717) is 40.2 Å². The Balaban J connectivity index is 1.72. The molecule has 1 aliphatic rings. The van der Waals surface area contributed by atoms with Gasteiger partial charge in [0.05, 0.1) is 6.54 Å². The van der Waals surface area contributed by atoms with Crippen molar-refractivity contribution in [1.29, 1.82) is 0 Å². The standard InChI is InChI=1S/C17H13BrClFN2OS/c18-12-6-4-11(5-7-12)16(23)22-9-8-21-17(22)24-10-13-14(19)2-1-3-15(13)20/h1-7H,8-10H2. The van der Waals surface area contributed by atoms with E-state index in [4.69, 9.17) is 11.6 Å². The molecule has 0 aromatic heterocycles. The number of nitrogens with zero attached hydrogens (tertiary/aromatic N) is 2. The molecule has 3 rings (SSSR count). The van der Waals surface area contributed by atoms with Crippen molar-refractivity contribution in [3.63, 3.8) is 0 Å². The molecule has 7 heteroatoms. The molecule has 3 nitrogen and oxygen atoms in total. The number of hydrogen-bond donors (Lipinski definition) is 0. The minimum absolute atomic E-state index is 0.106. The van der Waals surface area contributed by atoms with Gasteiger partial charge >= 0.3 is 0 Å². The van der Waals surface area contributed by atoms with E-state index in [9.17, 15) is 9.18 Å². The lowest BCUT2D eigenvalue weighted by Crippen LogP contribution is -2.32. The second kappa shape index (κ2) is 7.68. The summed E-state index contributed by atoms with van der Waals surface area (Å²) in [6.45, 7) is 1.08. The molecule has 2 aromatic rings. The summed E-state index contributed by atoms with van der Waals surface area (Å²) in [5.41, 5.74) is 1.02. The molecule has 0 N–H and O–H groups in total. The van der Waals surface area contributed by atoms with Gasteiger partial charge in [-0.2, -0.15) is 0 Å². The fourth-order valence-corrected chi connectivity index (χ4v) is 3.95. The summed E-state index contributed by atoms with van der Waals surface area (Å²) in [6.07, 6.45) is 0. The van der Waals surface area contributed by atoms with Crippen LogP contribution in [-0.4, -0.2) is 29.1 Å². The largest absolute Gasteiger partial charge is 0.286 e. The molecule has 0 unspecified atom stereocenters. The Hall–Kier alpha value is -1.37. The Morgan fingerprint density at radius 2 is 2.04 bits per heavy atom. The van der Waals surface area contributed by atoms with Crippen LogP contribution in [0.5, 0.6) is 0 Å². The Bertz CT molecular complexity index is 777. The van der Waals surface area contributed by atoms with Crippen LogP contribution in [0.25, 0.3) is 0 Å². The number of rotatable bonds is 3. The van der Waals surface area contributed by atoms with Gasteiger partial charge in [0.25, 0.3) is 5.91 Å². The zero-order valence-corrected chi connectivity index (χ0v) is 15.7. The number of aliphatic imine (C=N–C) groups is 1. The van der Waals surface area contributed by atoms with Crippen molar-refractivity contribution in [3.8, 4) is 0 Å². The molecule has 0 saturated heterocycles. The zero-order chi connectivity index (χ0) is 17.1. The van der Waals surface area contributed by atoms with E-state index in [1.807, 2.05) is 12.1 Å². The minimum Gasteiger partial charge on any atom is -0.286 e. The highest BCUT2D eigenvalue weighted by Gasteiger charge is 2.25. The Morgan fingerprint density at radius 1 is 1.29 bits per heavy atom. The SMILES string of the molecule is O=C(c1ccc(Br)cc1)N1CCN=C1SCc1c(F)cccc1Cl. The Morgan fingerprint density at radius 3 is 2.75 bits per heavy atom. The van der Waals surface area contributed by atoms with Crippen molar-refractivity contribution in [2.24, 2.45) is 4.99 Å². The normalized spacial score (nSPS) is 14.0. The van der Waals surface area contributed by atoms with Gasteiger partial charge in [0.15, 0.2) is 5.17 Å². The number of benzene rings is 2. The summed E-state index contributed by atoms with van der Waals surface area (Å²) >= 11 is 10.7. The first-order valence-corrected chi connectivity index (χ1v) is 9.39. The third-order valence-electron chi connectivity index (χ3n) is 3.55. The number of halogens is 3. The van der Waals surface area contributed by atoms with E-state index < -0.39 is 0 Å². The number of amidine groups is 1. The Kier molecular flexibility index (Phi) is 5.58. The molecule has 0 bridgehead atoms. The van der Waals surface area contributed by atoms with Gasteiger partial charge in [-0.3, -0.25) is 14.7 Å². The van der Waals surface area contributed by atoms with E-state index in [-0.39, 0.29) is 11.7 Å². The van der Waals surface area contributed by atoms with Gasteiger partial charge in [0.2, 0.25) is 0 Å². The smallest absolute Gasteiger partial charge is 0.259 e. The second-order valence-electron chi connectivity index (χ2n) is 5.12. The monoisotopic (exact) mass is 426 g/mol. The van der Waals surface area contributed by atoms with Crippen LogP contribution in [0.2, 0.25) is 5.02 Å². The van der Waals surface area contributed by atoms with E-state index in [1.54, 1.807) is 29.2 Å². The van der Waals surface area contributed by atoms with Gasteiger partial charge in [0, 0.05) is 32.9 Å². The highest BCUT2D eigenvalue weighted by molar-refractivity contribution is 9.10. The first-order valence-electron chi connectivity index (χ1n) is 7.24. The van der Waals surface area contributed by atoms with Crippen LogP contribution in [0.15, 0.2) is 51.9 Å². The van der Waals surface area contributed by atoms with E-state index >= 15 is 0 Å². The molecule has 0 atom stereocenters. The molecular weight excluding hydrogens is 415 g/mol. The van der Waals surface area contributed by atoms with Crippen LogP contribution >= 0.6 is 39.3 Å². The van der Waals surface area contributed by atoms with Crippen LogP contribution < -0.4 is 0 Å². The zero-order valence-electron chi connectivity index (χ0n) is 12.5. The summed E-state index contributed by atoms with van der Waals surface area (Å²) in [4.78, 5) is 18.6. The first-order chi connectivity index (χ1) is 11.6. The molecular formula is C17H13BrClFN2OS. The minimum atomic E-state index is -0.348. The third-order valence-corrected chi connectivity index (χ3v) is 5.47. The predicted molar refractivity (Wildman–Crippen MR) is 100 cm³/mol. The second-order valence-corrected chi connectivity index (χ2v) is 7.38. The van der Waals surface area contributed by atoms with Crippen molar-refractivity contribution in [2.75, 3.05) is 13.1 Å². The van der Waals surface area contributed by atoms with Gasteiger partial charge in [-0.05, 0) is 36.4 Å². The maximum atomic E-state index is 13.9. The van der Waals surface area contributed by atoms with Crippen LogP contribution in [0.4, 0.5) is 4.39 Å². The van der Waals surface area contributed by atoms with Crippen LogP contribution in [0, 0.1) is 5.82 Å². The van der Waals surface area contributed by atoms with Gasteiger partial charge in [-0.25, -0.2) is 4.39 Å².